The Balaban J connectivity index is 2.85. The zero-order valence-electron chi connectivity index (χ0n) is 9.79. The Hall–Kier alpha value is -1.03. The van der Waals surface area contributed by atoms with E-state index in [1.54, 1.807) is 23.9 Å². The summed E-state index contributed by atoms with van der Waals surface area (Å²) in [5, 5.41) is 0. The fourth-order valence-corrected chi connectivity index (χ4v) is 1.84. The molecule has 0 unspecified atom stereocenters. The molecule has 0 heterocycles. The van der Waals surface area contributed by atoms with Crippen LogP contribution in [0.15, 0.2) is 18.2 Å². The first-order chi connectivity index (χ1) is 7.56. The van der Waals surface area contributed by atoms with E-state index in [-0.39, 0.29) is 11.6 Å². The van der Waals surface area contributed by atoms with Crippen LogP contribution < -0.4 is 4.90 Å². The summed E-state index contributed by atoms with van der Waals surface area (Å²) in [7, 11) is 1.85. The molecular formula is C12H16FNOS. The minimum absolute atomic E-state index is 0.114. The molecule has 0 saturated carbocycles. The lowest BCUT2D eigenvalue weighted by Crippen LogP contribution is -2.21. The van der Waals surface area contributed by atoms with E-state index >= 15 is 0 Å². The van der Waals surface area contributed by atoms with Gasteiger partial charge in [-0.25, -0.2) is 4.39 Å². The average molecular weight is 241 g/mol. The summed E-state index contributed by atoms with van der Waals surface area (Å²) in [5.74, 6) is 0.498. The van der Waals surface area contributed by atoms with Crippen molar-refractivity contribution >= 4 is 23.2 Å². The minimum atomic E-state index is -0.337. The van der Waals surface area contributed by atoms with E-state index in [0.29, 0.717) is 11.3 Å². The lowest BCUT2D eigenvalue weighted by molar-refractivity contribution is 0.101. The predicted octanol–water partition coefficient (Wildman–Crippen LogP) is 2.83. The number of nitrogens with zero attached hydrogens (tertiary/aromatic N) is 1. The molecule has 1 rings (SSSR count). The molecule has 0 aliphatic rings. The lowest BCUT2D eigenvalue weighted by Gasteiger charge is -2.19. The van der Waals surface area contributed by atoms with Gasteiger partial charge in [0, 0.05) is 24.9 Å². The van der Waals surface area contributed by atoms with Gasteiger partial charge in [-0.1, -0.05) is 0 Å². The number of rotatable bonds is 5. The predicted molar refractivity (Wildman–Crippen MR) is 68.1 cm³/mol. The second kappa shape index (κ2) is 5.89. The molecule has 0 aromatic heterocycles. The second-order valence-corrected chi connectivity index (χ2v) is 4.62. The maximum absolute atomic E-state index is 13.7. The first kappa shape index (κ1) is 13.0. The van der Waals surface area contributed by atoms with Crippen molar-refractivity contribution in [3.8, 4) is 0 Å². The summed E-state index contributed by atoms with van der Waals surface area (Å²) >= 11 is 1.72. The number of halogens is 1. The fraction of sp³-hybridized carbons (Fsp3) is 0.417. The smallest absolute Gasteiger partial charge is 0.159 e. The van der Waals surface area contributed by atoms with Crippen molar-refractivity contribution in [2.45, 2.75) is 6.92 Å². The summed E-state index contributed by atoms with van der Waals surface area (Å²) in [6, 6.07) is 4.62. The monoisotopic (exact) mass is 241 g/mol. The van der Waals surface area contributed by atoms with Gasteiger partial charge >= 0.3 is 0 Å². The maximum atomic E-state index is 13.7. The molecule has 0 fully saturated rings. The van der Waals surface area contributed by atoms with Crippen molar-refractivity contribution in [1.29, 1.82) is 0 Å². The number of anilines is 1. The molecule has 0 aliphatic heterocycles. The molecule has 0 bridgehead atoms. The number of benzene rings is 1. The summed E-state index contributed by atoms with van der Waals surface area (Å²) in [6.45, 7) is 2.23. The topological polar surface area (TPSA) is 20.3 Å². The van der Waals surface area contributed by atoms with Gasteiger partial charge < -0.3 is 4.90 Å². The van der Waals surface area contributed by atoms with Crippen molar-refractivity contribution in [3.63, 3.8) is 0 Å². The highest BCUT2D eigenvalue weighted by atomic mass is 32.2. The Morgan fingerprint density at radius 3 is 2.69 bits per heavy atom. The van der Waals surface area contributed by atoms with Gasteiger partial charge in [-0.15, -0.1) is 0 Å². The standard InChI is InChI=1S/C12H16FNOS/c1-9(15)10-4-5-12(11(13)8-10)14(2)6-7-16-3/h4-5,8H,6-7H2,1-3H3. The van der Waals surface area contributed by atoms with Crippen LogP contribution in [-0.2, 0) is 0 Å². The molecule has 16 heavy (non-hydrogen) atoms. The van der Waals surface area contributed by atoms with E-state index in [2.05, 4.69) is 0 Å². The third-order valence-electron chi connectivity index (χ3n) is 2.40. The summed E-state index contributed by atoms with van der Waals surface area (Å²) < 4.78 is 13.7. The van der Waals surface area contributed by atoms with Crippen LogP contribution in [0.3, 0.4) is 0 Å². The minimum Gasteiger partial charge on any atom is -0.371 e. The van der Waals surface area contributed by atoms with Crippen molar-refractivity contribution in [3.05, 3.63) is 29.6 Å². The van der Waals surface area contributed by atoms with Gasteiger partial charge in [0.1, 0.15) is 5.82 Å². The van der Waals surface area contributed by atoms with Crippen LogP contribution >= 0.6 is 11.8 Å². The highest BCUT2D eigenvalue weighted by Crippen LogP contribution is 2.19. The van der Waals surface area contributed by atoms with Gasteiger partial charge in [-0.2, -0.15) is 11.8 Å². The van der Waals surface area contributed by atoms with Crippen molar-refractivity contribution in [2.75, 3.05) is 30.5 Å². The normalized spacial score (nSPS) is 10.2. The quantitative estimate of drug-likeness (QED) is 0.739. The molecule has 0 N–H and O–H groups in total. The van der Waals surface area contributed by atoms with Gasteiger partial charge in [-0.3, -0.25) is 4.79 Å². The number of hydrogen-bond acceptors (Lipinski definition) is 3. The summed E-state index contributed by atoms with van der Waals surface area (Å²) in [5.41, 5.74) is 0.957. The van der Waals surface area contributed by atoms with Gasteiger partial charge in [-0.05, 0) is 31.4 Å². The third-order valence-corrected chi connectivity index (χ3v) is 2.99. The number of hydrogen-bond donors (Lipinski definition) is 0. The molecule has 88 valence electrons. The van der Waals surface area contributed by atoms with Crippen molar-refractivity contribution < 1.29 is 9.18 Å². The van der Waals surface area contributed by atoms with E-state index in [0.717, 1.165) is 12.3 Å². The van der Waals surface area contributed by atoms with E-state index in [1.807, 2.05) is 18.2 Å². The van der Waals surface area contributed by atoms with Crippen LogP contribution in [0.5, 0.6) is 0 Å². The van der Waals surface area contributed by atoms with Crippen LogP contribution in [0, 0.1) is 5.82 Å². The molecule has 4 heteroatoms. The highest BCUT2D eigenvalue weighted by molar-refractivity contribution is 7.98. The van der Waals surface area contributed by atoms with Crippen molar-refractivity contribution in [2.24, 2.45) is 0 Å². The molecule has 1 aromatic rings. The molecule has 0 amide bonds. The lowest BCUT2D eigenvalue weighted by atomic mass is 10.1. The van der Waals surface area contributed by atoms with Gasteiger partial charge in [0.15, 0.2) is 5.78 Å². The van der Waals surface area contributed by atoms with Crippen LogP contribution in [0.1, 0.15) is 17.3 Å². The molecule has 0 spiro atoms. The van der Waals surface area contributed by atoms with Crippen LogP contribution in [0.25, 0.3) is 0 Å². The van der Waals surface area contributed by atoms with E-state index in [1.165, 1.54) is 13.0 Å². The first-order valence-corrected chi connectivity index (χ1v) is 6.46. The molecule has 0 aliphatic carbocycles. The van der Waals surface area contributed by atoms with E-state index in [4.69, 9.17) is 0 Å². The SMILES string of the molecule is CSCCN(C)c1ccc(C(C)=O)cc1F. The van der Waals surface area contributed by atoms with Crippen molar-refractivity contribution in [1.82, 2.24) is 0 Å². The number of carbonyl (C=O) groups is 1. The van der Waals surface area contributed by atoms with Gasteiger partial charge in [0.25, 0.3) is 0 Å². The number of thioether (sulfide) groups is 1. The Morgan fingerprint density at radius 1 is 1.50 bits per heavy atom. The second-order valence-electron chi connectivity index (χ2n) is 3.64. The fourth-order valence-electron chi connectivity index (χ4n) is 1.38. The van der Waals surface area contributed by atoms with Gasteiger partial charge in [0.05, 0.1) is 5.69 Å². The summed E-state index contributed by atoms with van der Waals surface area (Å²) in [4.78, 5) is 12.9. The van der Waals surface area contributed by atoms with E-state index in [9.17, 15) is 9.18 Å². The molecular weight excluding hydrogens is 225 g/mol. The zero-order valence-corrected chi connectivity index (χ0v) is 10.6. The first-order valence-electron chi connectivity index (χ1n) is 5.07. The molecule has 2 nitrogen and oxygen atoms in total. The largest absolute Gasteiger partial charge is 0.371 e. The van der Waals surface area contributed by atoms with Crippen LogP contribution in [0.4, 0.5) is 10.1 Å². The Bertz CT molecular complexity index is 381. The summed E-state index contributed by atoms with van der Waals surface area (Å²) in [6.07, 6.45) is 2.02. The van der Waals surface area contributed by atoms with Crippen LogP contribution in [0.2, 0.25) is 0 Å². The number of ketones is 1. The zero-order chi connectivity index (χ0) is 12.1. The number of Topliss-reactive ketones (excluding diaryl/α,β-unsaturated/α-hetero) is 1. The molecule has 0 saturated heterocycles. The Labute approximate surface area is 99.8 Å². The highest BCUT2D eigenvalue weighted by Gasteiger charge is 2.09. The van der Waals surface area contributed by atoms with Gasteiger partial charge in [0.2, 0.25) is 0 Å². The van der Waals surface area contributed by atoms with E-state index < -0.39 is 0 Å². The maximum Gasteiger partial charge on any atom is 0.159 e. The molecule has 0 radical (unpaired) electrons. The van der Waals surface area contributed by atoms with Crippen LogP contribution in [-0.4, -0.2) is 31.4 Å². The molecule has 1 aromatic carbocycles. The third kappa shape index (κ3) is 3.23. The average Bonchev–Trinajstić information content (AvgIpc) is 2.25. The molecule has 0 atom stereocenters. The Kier molecular flexibility index (Phi) is 4.80. The number of carbonyl (C=O) groups excluding carboxylic acids is 1. The Morgan fingerprint density at radius 2 is 2.19 bits per heavy atom.